The minimum Gasteiger partial charge on any atom is -0.125 e. The predicted octanol–water partition coefficient (Wildman–Crippen LogP) is 5.70. The molecule has 16 heavy (non-hydrogen) atoms. The number of rotatable bonds is 6. The monoisotopic (exact) mass is 476 g/mol. The number of halogens is 6. The zero-order valence-electron chi connectivity index (χ0n) is 8.99. The van der Waals surface area contributed by atoms with Crippen molar-refractivity contribution < 1.29 is 0 Å². The summed E-state index contributed by atoms with van der Waals surface area (Å²) in [5.41, 5.74) is 0. The van der Waals surface area contributed by atoms with Crippen LogP contribution in [0.2, 0.25) is 0 Å². The van der Waals surface area contributed by atoms with Crippen molar-refractivity contribution in [3.05, 3.63) is 12.2 Å². The molecule has 0 aliphatic heterocycles. The van der Waals surface area contributed by atoms with Crippen molar-refractivity contribution in [1.82, 2.24) is 0 Å². The lowest BCUT2D eigenvalue weighted by Crippen LogP contribution is -2.38. The van der Waals surface area contributed by atoms with Gasteiger partial charge >= 0.3 is 0 Å². The molecular weight excluding hydrogens is 466 g/mol. The SMILES string of the molecule is CC(Cl)(C=CC(Br)C(C)(Cl)C(Br)CCl)CBr. The van der Waals surface area contributed by atoms with Crippen molar-refractivity contribution >= 4 is 82.6 Å². The second-order valence-electron chi connectivity index (χ2n) is 3.95. The summed E-state index contributed by atoms with van der Waals surface area (Å²) < 4.78 is 0. The lowest BCUT2D eigenvalue weighted by atomic mass is 10.0. The second-order valence-corrected chi connectivity index (χ2v) is 8.58. The van der Waals surface area contributed by atoms with Gasteiger partial charge in [0.25, 0.3) is 0 Å². The molecule has 0 N–H and O–H groups in total. The fourth-order valence-corrected chi connectivity index (χ4v) is 2.76. The van der Waals surface area contributed by atoms with Gasteiger partial charge in [0.2, 0.25) is 0 Å². The van der Waals surface area contributed by atoms with Crippen LogP contribution < -0.4 is 0 Å². The molecule has 0 aliphatic rings. The van der Waals surface area contributed by atoms with Gasteiger partial charge in [0.05, 0.1) is 14.6 Å². The van der Waals surface area contributed by atoms with E-state index in [-0.39, 0.29) is 9.65 Å². The van der Waals surface area contributed by atoms with Crippen LogP contribution in [-0.2, 0) is 0 Å². The molecule has 0 radical (unpaired) electrons. The van der Waals surface area contributed by atoms with Crippen molar-refractivity contribution in [1.29, 1.82) is 0 Å². The molecule has 0 rings (SSSR count). The predicted molar refractivity (Wildman–Crippen MR) is 87.6 cm³/mol. The second kappa shape index (κ2) is 7.59. The third-order valence-corrected chi connectivity index (χ3v) is 8.15. The van der Waals surface area contributed by atoms with E-state index in [1.807, 2.05) is 26.0 Å². The summed E-state index contributed by atoms with van der Waals surface area (Å²) in [5.74, 6) is 0.451. The van der Waals surface area contributed by atoms with Crippen molar-refractivity contribution in [2.24, 2.45) is 0 Å². The van der Waals surface area contributed by atoms with E-state index in [0.717, 1.165) is 0 Å². The standard InChI is InChI=1S/C10H14Br3Cl3/c1-9(15,6-11)4-3-7(12)10(2,16)8(13)5-14/h3-4,7-8H,5-6H2,1-2H3. The highest BCUT2D eigenvalue weighted by molar-refractivity contribution is 9.10. The van der Waals surface area contributed by atoms with Gasteiger partial charge in [-0.05, 0) is 13.8 Å². The molecule has 0 amide bonds. The van der Waals surface area contributed by atoms with Gasteiger partial charge in [-0.15, -0.1) is 34.8 Å². The first-order valence-corrected chi connectivity index (χ1v) is 8.89. The van der Waals surface area contributed by atoms with E-state index < -0.39 is 9.75 Å². The zero-order valence-corrected chi connectivity index (χ0v) is 16.0. The zero-order chi connectivity index (χ0) is 13.0. The summed E-state index contributed by atoms with van der Waals surface area (Å²) in [6.45, 7) is 3.86. The quantitative estimate of drug-likeness (QED) is 0.338. The Labute approximate surface area is 138 Å². The third-order valence-electron chi connectivity index (χ3n) is 2.16. The molecule has 0 aromatic carbocycles. The molecule has 0 aromatic heterocycles. The maximum Gasteiger partial charge on any atom is 0.0714 e. The summed E-state index contributed by atoms with van der Waals surface area (Å²) in [6, 6.07) is 0. The summed E-state index contributed by atoms with van der Waals surface area (Å²) in [6.07, 6.45) is 3.89. The minimum atomic E-state index is -0.502. The van der Waals surface area contributed by atoms with Crippen molar-refractivity contribution in [3.8, 4) is 0 Å². The lowest BCUT2D eigenvalue weighted by Gasteiger charge is -2.30. The van der Waals surface area contributed by atoms with Gasteiger partial charge in [0.15, 0.2) is 0 Å². The van der Waals surface area contributed by atoms with E-state index in [1.165, 1.54) is 0 Å². The van der Waals surface area contributed by atoms with Gasteiger partial charge in [-0.25, -0.2) is 0 Å². The molecule has 0 nitrogen and oxygen atoms in total. The van der Waals surface area contributed by atoms with Crippen molar-refractivity contribution in [2.45, 2.75) is 33.3 Å². The summed E-state index contributed by atoms with van der Waals surface area (Å²) >= 11 is 28.8. The van der Waals surface area contributed by atoms with Crippen LogP contribution in [0.25, 0.3) is 0 Å². The highest BCUT2D eigenvalue weighted by Gasteiger charge is 2.35. The molecule has 0 bridgehead atoms. The Morgan fingerprint density at radius 2 is 1.75 bits per heavy atom. The van der Waals surface area contributed by atoms with Crippen LogP contribution in [0.1, 0.15) is 13.8 Å². The van der Waals surface area contributed by atoms with E-state index in [2.05, 4.69) is 47.8 Å². The molecule has 6 heteroatoms. The maximum atomic E-state index is 6.43. The van der Waals surface area contributed by atoms with E-state index in [9.17, 15) is 0 Å². The number of hydrogen-bond acceptors (Lipinski definition) is 0. The largest absolute Gasteiger partial charge is 0.125 e. The van der Waals surface area contributed by atoms with Crippen LogP contribution in [0.4, 0.5) is 0 Å². The Bertz CT molecular complexity index is 241. The van der Waals surface area contributed by atoms with Crippen LogP contribution >= 0.6 is 82.6 Å². The Morgan fingerprint density at radius 1 is 1.25 bits per heavy atom. The summed E-state index contributed by atoms with van der Waals surface area (Å²) in [7, 11) is 0. The number of alkyl halides is 6. The van der Waals surface area contributed by atoms with Crippen LogP contribution in [0, 0.1) is 0 Å². The molecule has 0 heterocycles. The van der Waals surface area contributed by atoms with Crippen molar-refractivity contribution in [3.63, 3.8) is 0 Å². The van der Waals surface area contributed by atoms with Gasteiger partial charge in [0.1, 0.15) is 0 Å². The average Bonchev–Trinajstić information content (AvgIpc) is 2.24. The van der Waals surface area contributed by atoms with E-state index in [1.54, 1.807) is 0 Å². The first kappa shape index (κ1) is 18.0. The fraction of sp³-hybridized carbons (Fsp3) is 0.800. The molecular formula is C10H14Br3Cl3. The first-order chi connectivity index (χ1) is 7.17. The normalized spacial score (nSPS) is 23.8. The van der Waals surface area contributed by atoms with Gasteiger partial charge in [-0.1, -0.05) is 59.9 Å². The Morgan fingerprint density at radius 3 is 2.12 bits per heavy atom. The van der Waals surface area contributed by atoms with Crippen LogP contribution in [0.3, 0.4) is 0 Å². The molecule has 4 unspecified atom stereocenters. The van der Waals surface area contributed by atoms with Crippen LogP contribution in [0.15, 0.2) is 12.2 Å². The molecule has 0 saturated carbocycles. The Hall–Kier alpha value is 2.05. The highest BCUT2D eigenvalue weighted by Crippen LogP contribution is 2.35. The van der Waals surface area contributed by atoms with E-state index in [0.29, 0.717) is 11.2 Å². The summed E-state index contributed by atoms with van der Waals surface area (Å²) in [4.78, 5) is -0.899. The topological polar surface area (TPSA) is 0 Å². The highest BCUT2D eigenvalue weighted by atomic mass is 79.9. The molecule has 96 valence electrons. The summed E-state index contributed by atoms with van der Waals surface area (Å²) in [5, 5.41) is 0.685. The molecule has 4 atom stereocenters. The smallest absolute Gasteiger partial charge is 0.0714 e. The van der Waals surface area contributed by atoms with E-state index >= 15 is 0 Å². The van der Waals surface area contributed by atoms with Gasteiger partial charge in [0, 0.05) is 16.0 Å². The number of hydrogen-bond donors (Lipinski definition) is 0. The van der Waals surface area contributed by atoms with Crippen LogP contribution in [0.5, 0.6) is 0 Å². The molecule has 0 spiro atoms. The van der Waals surface area contributed by atoms with Gasteiger partial charge < -0.3 is 0 Å². The Kier molecular flexibility index (Phi) is 8.57. The van der Waals surface area contributed by atoms with E-state index in [4.69, 9.17) is 34.8 Å². The molecule has 0 aromatic rings. The molecule has 0 saturated heterocycles. The van der Waals surface area contributed by atoms with Gasteiger partial charge in [-0.3, -0.25) is 0 Å². The third kappa shape index (κ3) is 5.79. The Balaban J connectivity index is 4.63. The fourth-order valence-electron chi connectivity index (χ4n) is 0.841. The number of allylic oxidation sites excluding steroid dienone is 2. The van der Waals surface area contributed by atoms with Gasteiger partial charge in [-0.2, -0.15) is 0 Å². The first-order valence-electron chi connectivity index (χ1n) is 4.64. The molecule has 0 aliphatic carbocycles. The molecule has 0 fully saturated rings. The maximum absolute atomic E-state index is 6.43. The van der Waals surface area contributed by atoms with Crippen molar-refractivity contribution in [2.75, 3.05) is 11.2 Å². The minimum absolute atomic E-state index is 0.0121. The average molecular weight is 480 g/mol. The lowest BCUT2D eigenvalue weighted by molar-refractivity contribution is 0.658. The van der Waals surface area contributed by atoms with Crippen LogP contribution in [-0.4, -0.2) is 30.6 Å².